The minimum Gasteiger partial charge on any atom is -0.346 e. The first kappa shape index (κ1) is 18.6. The molecular formula is C18H17N5O3S. The molecule has 2 aromatic carbocycles. The van der Waals surface area contributed by atoms with Gasteiger partial charge in [0.05, 0.1) is 15.9 Å². The number of rotatable bonds is 6. The van der Waals surface area contributed by atoms with Gasteiger partial charge in [-0.1, -0.05) is 30.3 Å². The lowest BCUT2D eigenvalue weighted by Crippen LogP contribution is -2.26. The summed E-state index contributed by atoms with van der Waals surface area (Å²) in [5.74, 6) is -0.371. The van der Waals surface area contributed by atoms with Crippen LogP contribution >= 0.6 is 11.8 Å². The molecule has 0 bridgehead atoms. The van der Waals surface area contributed by atoms with Crippen molar-refractivity contribution < 1.29 is 9.72 Å². The number of nitrogens with zero attached hydrogens (tertiary/aromatic N) is 4. The number of nitro benzene ring substituents is 1. The van der Waals surface area contributed by atoms with E-state index in [1.807, 2.05) is 37.3 Å². The predicted molar refractivity (Wildman–Crippen MR) is 101 cm³/mol. The maximum atomic E-state index is 12.5. The molecule has 1 heterocycles. The molecule has 0 aliphatic carbocycles. The van der Waals surface area contributed by atoms with E-state index in [0.29, 0.717) is 10.1 Å². The number of aromatic nitrogens is 3. The van der Waals surface area contributed by atoms with Crippen LogP contribution in [0.2, 0.25) is 0 Å². The summed E-state index contributed by atoms with van der Waals surface area (Å²) in [5.41, 5.74) is 1.03. The number of carbonyl (C=O) groups is 1. The largest absolute Gasteiger partial charge is 0.346 e. The first-order valence-corrected chi connectivity index (χ1v) is 8.93. The van der Waals surface area contributed by atoms with Gasteiger partial charge in [0.15, 0.2) is 5.16 Å². The average Bonchev–Trinajstić information content (AvgIpc) is 3.07. The Morgan fingerprint density at radius 3 is 2.63 bits per heavy atom. The Hall–Kier alpha value is -3.20. The standard InChI is InChI=1S/C18H17N5O3S/c1-12(13-6-4-3-5-7-13)20-17(24)14-8-9-16(15(10-14)23(25)26)27-18-21-19-11-22(18)2/h3-12H,1-2H3,(H,20,24)/t12-/m1/s1. The highest BCUT2D eigenvalue weighted by Crippen LogP contribution is 2.34. The monoisotopic (exact) mass is 383 g/mol. The van der Waals surface area contributed by atoms with Crippen molar-refractivity contribution in [2.45, 2.75) is 23.0 Å². The predicted octanol–water partition coefficient (Wildman–Crippen LogP) is 3.37. The Kier molecular flexibility index (Phi) is 5.51. The van der Waals surface area contributed by atoms with Crippen LogP contribution in [0.4, 0.5) is 5.69 Å². The maximum absolute atomic E-state index is 12.5. The zero-order valence-electron chi connectivity index (χ0n) is 14.7. The highest BCUT2D eigenvalue weighted by Gasteiger charge is 2.21. The minimum atomic E-state index is -0.504. The smallest absolute Gasteiger partial charge is 0.284 e. The van der Waals surface area contributed by atoms with Crippen LogP contribution in [0.25, 0.3) is 0 Å². The van der Waals surface area contributed by atoms with E-state index < -0.39 is 4.92 Å². The second-order valence-electron chi connectivity index (χ2n) is 5.87. The van der Waals surface area contributed by atoms with Crippen LogP contribution in [-0.4, -0.2) is 25.6 Å². The Morgan fingerprint density at radius 1 is 1.26 bits per heavy atom. The van der Waals surface area contributed by atoms with Crippen molar-refractivity contribution in [1.82, 2.24) is 20.1 Å². The number of hydrogen-bond donors (Lipinski definition) is 1. The second-order valence-corrected chi connectivity index (χ2v) is 6.88. The summed E-state index contributed by atoms with van der Waals surface area (Å²) in [6.07, 6.45) is 1.51. The molecule has 27 heavy (non-hydrogen) atoms. The Bertz CT molecular complexity index is 974. The lowest BCUT2D eigenvalue weighted by molar-refractivity contribution is -0.387. The van der Waals surface area contributed by atoms with Gasteiger partial charge in [-0.25, -0.2) is 0 Å². The fourth-order valence-corrected chi connectivity index (χ4v) is 3.31. The van der Waals surface area contributed by atoms with Crippen molar-refractivity contribution in [3.05, 3.63) is 76.1 Å². The topological polar surface area (TPSA) is 103 Å². The van der Waals surface area contributed by atoms with Crippen LogP contribution < -0.4 is 5.32 Å². The van der Waals surface area contributed by atoms with Gasteiger partial charge in [0.1, 0.15) is 6.33 Å². The van der Waals surface area contributed by atoms with Crippen molar-refractivity contribution in [3.8, 4) is 0 Å². The van der Waals surface area contributed by atoms with Crippen molar-refractivity contribution in [2.24, 2.45) is 7.05 Å². The molecule has 0 fully saturated rings. The van der Waals surface area contributed by atoms with Gasteiger partial charge in [-0.3, -0.25) is 14.9 Å². The van der Waals surface area contributed by atoms with Crippen LogP contribution in [0.1, 0.15) is 28.9 Å². The Balaban J connectivity index is 1.82. The normalized spacial score (nSPS) is 11.8. The minimum absolute atomic E-state index is 0.150. The van der Waals surface area contributed by atoms with E-state index in [2.05, 4.69) is 15.5 Å². The Morgan fingerprint density at radius 2 is 2.00 bits per heavy atom. The number of nitrogens with one attached hydrogen (secondary N) is 1. The third-order valence-electron chi connectivity index (χ3n) is 3.94. The molecular weight excluding hydrogens is 366 g/mol. The van der Waals surface area contributed by atoms with E-state index in [9.17, 15) is 14.9 Å². The average molecular weight is 383 g/mol. The fourth-order valence-electron chi connectivity index (χ4n) is 2.46. The zero-order valence-corrected chi connectivity index (χ0v) is 15.5. The van der Waals surface area contributed by atoms with E-state index in [1.165, 1.54) is 12.4 Å². The lowest BCUT2D eigenvalue weighted by Gasteiger charge is -2.14. The molecule has 1 atom stereocenters. The van der Waals surface area contributed by atoms with E-state index in [4.69, 9.17) is 0 Å². The van der Waals surface area contributed by atoms with Gasteiger partial charge >= 0.3 is 0 Å². The van der Waals surface area contributed by atoms with Gasteiger partial charge in [-0.2, -0.15) is 0 Å². The molecule has 1 N–H and O–H groups in total. The SMILES string of the molecule is C[C@@H](NC(=O)c1ccc(Sc2nncn2C)c([N+](=O)[O-])c1)c1ccccc1. The van der Waals surface area contributed by atoms with E-state index in [1.54, 1.807) is 23.7 Å². The summed E-state index contributed by atoms with van der Waals surface area (Å²) in [4.78, 5) is 23.9. The van der Waals surface area contributed by atoms with Crippen LogP contribution in [0.15, 0.2) is 64.9 Å². The molecule has 9 heteroatoms. The molecule has 3 rings (SSSR count). The van der Waals surface area contributed by atoms with Crippen LogP contribution in [0, 0.1) is 10.1 Å². The van der Waals surface area contributed by atoms with Crippen molar-refractivity contribution in [2.75, 3.05) is 0 Å². The van der Waals surface area contributed by atoms with Crippen LogP contribution in [-0.2, 0) is 7.05 Å². The summed E-state index contributed by atoms with van der Waals surface area (Å²) in [7, 11) is 1.75. The van der Waals surface area contributed by atoms with Crippen molar-refractivity contribution >= 4 is 23.4 Å². The summed E-state index contributed by atoms with van der Waals surface area (Å²) >= 11 is 1.12. The first-order valence-electron chi connectivity index (χ1n) is 8.12. The van der Waals surface area contributed by atoms with Gasteiger partial charge in [0, 0.05) is 18.7 Å². The zero-order chi connectivity index (χ0) is 19.4. The van der Waals surface area contributed by atoms with Gasteiger partial charge in [0.2, 0.25) is 0 Å². The molecule has 0 saturated carbocycles. The number of benzene rings is 2. The van der Waals surface area contributed by atoms with E-state index in [-0.39, 0.29) is 23.2 Å². The summed E-state index contributed by atoms with van der Waals surface area (Å²) in [6, 6.07) is 13.7. The first-order chi connectivity index (χ1) is 13.0. The third-order valence-corrected chi connectivity index (χ3v) is 5.05. The van der Waals surface area contributed by atoms with Gasteiger partial charge in [0.25, 0.3) is 11.6 Å². The van der Waals surface area contributed by atoms with Gasteiger partial charge in [-0.05, 0) is 36.4 Å². The molecule has 138 valence electrons. The molecule has 0 saturated heterocycles. The van der Waals surface area contributed by atoms with Crippen LogP contribution in [0.5, 0.6) is 0 Å². The molecule has 0 spiro atoms. The van der Waals surface area contributed by atoms with Crippen molar-refractivity contribution in [3.63, 3.8) is 0 Å². The number of amides is 1. The molecule has 0 radical (unpaired) electrons. The highest BCUT2D eigenvalue weighted by atomic mass is 32.2. The lowest BCUT2D eigenvalue weighted by atomic mass is 10.1. The molecule has 1 aromatic heterocycles. The summed E-state index contributed by atoms with van der Waals surface area (Å²) in [5, 5.41) is 22.5. The number of hydrogen-bond acceptors (Lipinski definition) is 6. The molecule has 3 aromatic rings. The van der Waals surface area contributed by atoms with Crippen LogP contribution in [0.3, 0.4) is 0 Å². The van der Waals surface area contributed by atoms with Crippen molar-refractivity contribution in [1.29, 1.82) is 0 Å². The summed E-state index contributed by atoms with van der Waals surface area (Å²) < 4.78 is 1.66. The molecule has 0 unspecified atom stereocenters. The molecule has 1 amide bonds. The van der Waals surface area contributed by atoms with Gasteiger partial charge in [-0.15, -0.1) is 10.2 Å². The van der Waals surface area contributed by atoms with E-state index >= 15 is 0 Å². The third kappa shape index (κ3) is 4.32. The summed E-state index contributed by atoms with van der Waals surface area (Å²) in [6.45, 7) is 1.86. The number of nitro groups is 1. The fraction of sp³-hybridized carbons (Fsp3) is 0.167. The highest BCUT2D eigenvalue weighted by molar-refractivity contribution is 7.99. The molecule has 0 aliphatic heterocycles. The number of aryl methyl sites for hydroxylation is 1. The molecule has 8 nitrogen and oxygen atoms in total. The molecule has 0 aliphatic rings. The number of carbonyl (C=O) groups excluding carboxylic acids is 1. The second kappa shape index (κ2) is 8.00. The quantitative estimate of drug-likeness (QED) is 0.517. The Labute approximate surface area is 159 Å². The van der Waals surface area contributed by atoms with E-state index in [0.717, 1.165) is 17.3 Å². The maximum Gasteiger partial charge on any atom is 0.284 e. The van der Waals surface area contributed by atoms with Gasteiger partial charge < -0.3 is 9.88 Å².